The number of H-pyrrole nitrogens is 1. The Morgan fingerprint density at radius 2 is 2.09 bits per heavy atom. The summed E-state index contributed by atoms with van der Waals surface area (Å²) in [6, 6.07) is 9.67. The fourth-order valence-corrected chi connectivity index (χ4v) is 3.96. The van der Waals surface area contributed by atoms with Crippen LogP contribution in [-0.2, 0) is 9.53 Å². The Kier molecular flexibility index (Phi) is 6.70. The van der Waals surface area contributed by atoms with Crippen molar-refractivity contribution in [3.05, 3.63) is 53.9 Å². The van der Waals surface area contributed by atoms with Gasteiger partial charge in [0.25, 0.3) is 0 Å². The van der Waals surface area contributed by atoms with E-state index in [2.05, 4.69) is 20.3 Å². The van der Waals surface area contributed by atoms with Gasteiger partial charge in [-0.15, -0.1) is 0 Å². The third-order valence-electron chi connectivity index (χ3n) is 5.19. The lowest BCUT2D eigenvalue weighted by Crippen LogP contribution is -2.34. The van der Waals surface area contributed by atoms with Gasteiger partial charge in [-0.3, -0.25) is 9.78 Å². The van der Waals surface area contributed by atoms with Crippen LogP contribution >= 0.6 is 11.6 Å². The number of rotatable bonds is 7. The second-order valence-electron chi connectivity index (χ2n) is 8.91. The average molecular weight is 480 g/mol. The summed E-state index contributed by atoms with van der Waals surface area (Å²) >= 11 is 6.48. The zero-order valence-electron chi connectivity index (χ0n) is 19.3. The Bertz CT molecular complexity index is 1350. The van der Waals surface area contributed by atoms with E-state index < -0.39 is 11.7 Å². The van der Waals surface area contributed by atoms with E-state index in [1.165, 1.54) is 0 Å². The molecule has 0 aliphatic rings. The van der Waals surface area contributed by atoms with Crippen molar-refractivity contribution in [2.45, 2.75) is 32.8 Å². The zero-order chi connectivity index (χ0) is 24.3. The second-order valence-corrected chi connectivity index (χ2v) is 9.31. The molecule has 0 atom stereocenters. The fraction of sp³-hybridized carbons (Fsp3) is 0.280. The molecule has 0 bridgehead atoms. The molecular weight excluding hydrogens is 454 g/mol. The number of halogens is 1. The van der Waals surface area contributed by atoms with E-state index in [9.17, 15) is 9.59 Å². The number of nitrogens with zero attached hydrogens (tertiary/aromatic N) is 3. The normalized spacial score (nSPS) is 11.5. The lowest BCUT2D eigenvalue weighted by atomic mass is 10.0. The lowest BCUT2D eigenvalue weighted by Gasteiger charge is -2.20. The number of alkyl carbamates (subject to hydrolysis) is 1. The number of nitrogens with one attached hydrogen (secondary N) is 2. The predicted molar refractivity (Wildman–Crippen MR) is 134 cm³/mol. The predicted octanol–water partition coefficient (Wildman–Crippen LogP) is 5.31. The molecule has 0 fully saturated rings. The summed E-state index contributed by atoms with van der Waals surface area (Å²) < 4.78 is 5.23. The van der Waals surface area contributed by atoms with Crippen molar-refractivity contribution in [2.24, 2.45) is 0 Å². The largest absolute Gasteiger partial charge is 0.444 e. The van der Waals surface area contributed by atoms with Crippen molar-refractivity contribution in [1.82, 2.24) is 20.3 Å². The molecule has 0 aliphatic heterocycles. The number of aromatic amines is 1. The maximum atomic E-state index is 11.8. The van der Waals surface area contributed by atoms with Gasteiger partial charge in [-0.2, -0.15) is 0 Å². The van der Waals surface area contributed by atoms with Crippen LogP contribution in [-0.4, -0.2) is 46.1 Å². The van der Waals surface area contributed by atoms with Crippen molar-refractivity contribution in [3.63, 3.8) is 0 Å². The Morgan fingerprint density at radius 3 is 2.85 bits per heavy atom. The summed E-state index contributed by atoms with van der Waals surface area (Å²) in [6.07, 6.45) is 6.09. The van der Waals surface area contributed by atoms with Gasteiger partial charge >= 0.3 is 6.09 Å². The molecule has 0 spiro atoms. The van der Waals surface area contributed by atoms with Gasteiger partial charge in [0.2, 0.25) is 6.41 Å². The number of hydrogen-bond donors (Lipinski definition) is 2. The van der Waals surface area contributed by atoms with Gasteiger partial charge in [-0.1, -0.05) is 17.7 Å². The number of aromatic nitrogens is 3. The van der Waals surface area contributed by atoms with Crippen molar-refractivity contribution in [1.29, 1.82) is 0 Å². The minimum Gasteiger partial charge on any atom is -0.444 e. The minimum atomic E-state index is -0.556. The Morgan fingerprint density at radius 1 is 1.26 bits per heavy atom. The summed E-state index contributed by atoms with van der Waals surface area (Å²) in [5, 5.41) is 5.08. The minimum absolute atomic E-state index is 0.383. The molecule has 0 radical (unpaired) electrons. The maximum absolute atomic E-state index is 11.8. The van der Waals surface area contributed by atoms with Crippen LogP contribution in [0, 0.1) is 0 Å². The van der Waals surface area contributed by atoms with Crippen molar-refractivity contribution in [3.8, 4) is 11.1 Å². The van der Waals surface area contributed by atoms with Crippen LogP contribution in [0.3, 0.4) is 0 Å². The molecular formula is C25H26ClN5O3. The summed E-state index contributed by atoms with van der Waals surface area (Å²) in [5.41, 5.74) is 3.41. The molecule has 4 rings (SSSR count). The molecule has 1 aromatic carbocycles. The molecule has 2 N–H and O–H groups in total. The van der Waals surface area contributed by atoms with Crippen LogP contribution in [0.15, 0.2) is 48.9 Å². The molecule has 3 aromatic heterocycles. The van der Waals surface area contributed by atoms with E-state index in [0.29, 0.717) is 35.9 Å². The number of pyridine rings is 2. The number of benzene rings is 1. The highest BCUT2D eigenvalue weighted by atomic mass is 35.5. The number of fused-ring (bicyclic) bond motifs is 2. The molecule has 2 amide bonds. The first-order valence-corrected chi connectivity index (χ1v) is 11.3. The number of hydrogen-bond acceptors (Lipinski definition) is 5. The number of amides is 2. The topological polar surface area (TPSA) is 100 Å². The Hall–Kier alpha value is -3.65. The smallest absolute Gasteiger partial charge is 0.407 e. The van der Waals surface area contributed by atoms with Gasteiger partial charge in [-0.05, 0) is 57.0 Å². The molecule has 4 aromatic rings. The van der Waals surface area contributed by atoms with E-state index >= 15 is 0 Å². The first kappa shape index (κ1) is 23.5. The average Bonchev–Trinajstić information content (AvgIpc) is 3.21. The van der Waals surface area contributed by atoms with Crippen LogP contribution < -0.4 is 10.2 Å². The number of anilines is 1. The monoisotopic (exact) mass is 479 g/mol. The van der Waals surface area contributed by atoms with Crippen LogP contribution in [0.1, 0.15) is 27.2 Å². The summed E-state index contributed by atoms with van der Waals surface area (Å²) in [7, 11) is 0. The van der Waals surface area contributed by atoms with Crippen LogP contribution in [0.25, 0.3) is 33.1 Å². The molecule has 9 heteroatoms. The Labute approximate surface area is 202 Å². The van der Waals surface area contributed by atoms with Gasteiger partial charge in [0, 0.05) is 41.8 Å². The molecule has 0 saturated carbocycles. The Balaban J connectivity index is 1.52. The molecule has 8 nitrogen and oxygen atoms in total. The number of carbonyl (C=O) groups is 2. The summed E-state index contributed by atoms with van der Waals surface area (Å²) in [5.74, 6) is 0. The molecule has 176 valence electrons. The fourth-order valence-electron chi connectivity index (χ4n) is 3.69. The third-order valence-corrected chi connectivity index (χ3v) is 5.48. The van der Waals surface area contributed by atoms with Gasteiger partial charge in [0.05, 0.1) is 22.4 Å². The molecule has 3 heterocycles. The molecule has 0 unspecified atom stereocenters. The van der Waals surface area contributed by atoms with E-state index in [0.717, 1.165) is 33.8 Å². The van der Waals surface area contributed by atoms with Crippen molar-refractivity contribution in [2.75, 3.05) is 18.0 Å². The summed E-state index contributed by atoms with van der Waals surface area (Å²) in [4.78, 5) is 37.2. The van der Waals surface area contributed by atoms with Gasteiger partial charge < -0.3 is 19.9 Å². The van der Waals surface area contributed by atoms with Crippen LogP contribution in [0.5, 0.6) is 0 Å². The first-order valence-electron chi connectivity index (χ1n) is 11.0. The van der Waals surface area contributed by atoms with Gasteiger partial charge in [0.1, 0.15) is 11.2 Å². The van der Waals surface area contributed by atoms with Crippen molar-refractivity contribution >= 4 is 51.7 Å². The highest BCUT2D eigenvalue weighted by molar-refractivity contribution is 6.35. The van der Waals surface area contributed by atoms with Gasteiger partial charge in [0.15, 0.2) is 0 Å². The van der Waals surface area contributed by atoms with Crippen LogP contribution in [0.4, 0.5) is 10.5 Å². The first-order chi connectivity index (χ1) is 16.2. The number of carbonyl (C=O) groups excluding carboxylic acids is 2. The highest BCUT2D eigenvalue weighted by Crippen LogP contribution is 2.34. The van der Waals surface area contributed by atoms with Crippen LogP contribution in [0.2, 0.25) is 5.02 Å². The van der Waals surface area contributed by atoms with Gasteiger partial charge in [-0.25, -0.2) is 9.78 Å². The highest BCUT2D eigenvalue weighted by Gasteiger charge is 2.16. The van der Waals surface area contributed by atoms with E-state index in [4.69, 9.17) is 16.3 Å². The van der Waals surface area contributed by atoms with E-state index in [-0.39, 0.29) is 0 Å². The SMILES string of the molecule is CC(C)(C)OC(=O)NCCCN(C=O)c1cnc2[nH]cc(-c3cc(Cl)c4ncccc4c3)c2c1. The maximum Gasteiger partial charge on any atom is 0.407 e. The number of ether oxygens (including phenoxy) is 1. The third kappa shape index (κ3) is 5.28. The molecule has 34 heavy (non-hydrogen) atoms. The quantitative estimate of drug-likeness (QED) is 0.276. The van der Waals surface area contributed by atoms with Crippen molar-refractivity contribution < 1.29 is 14.3 Å². The zero-order valence-corrected chi connectivity index (χ0v) is 20.0. The van der Waals surface area contributed by atoms with E-state index in [1.54, 1.807) is 17.3 Å². The second kappa shape index (κ2) is 9.69. The lowest BCUT2D eigenvalue weighted by molar-refractivity contribution is -0.107. The molecule has 0 aliphatic carbocycles. The standard InChI is InChI=1S/C25H26ClN5O3/c1-25(2,3)34-24(33)28-8-5-9-31(15-32)18-12-19-20(14-30-23(19)29-13-18)17-10-16-6-4-7-27-22(16)21(26)11-17/h4,6-7,10-15H,5,8-9H2,1-3H3,(H,28,33)(H,29,30). The molecule has 0 saturated heterocycles. The summed E-state index contributed by atoms with van der Waals surface area (Å²) in [6.45, 7) is 6.22. The van der Waals surface area contributed by atoms with E-state index in [1.807, 2.05) is 57.3 Å².